The molecular formula is C27H19N4OPt-. The van der Waals surface area contributed by atoms with Gasteiger partial charge in [-0.1, -0.05) is 42.5 Å². The SMILES string of the molecule is Oc1ccccc1-c1nccc(-c2[c-]c(N(c3ccccc3)c3ccccn3)ccc2)n1.[Pt]. The van der Waals surface area contributed by atoms with Crippen molar-refractivity contribution in [3.8, 4) is 28.4 Å². The molecule has 2 heterocycles. The van der Waals surface area contributed by atoms with Crippen LogP contribution in [0.2, 0.25) is 0 Å². The third-order valence-corrected chi connectivity index (χ3v) is 4.99. The molecule has 0 atom stereocenters. The van der Waals surface area contributed by atoms with Crippen LogP contribution in [-0.2, 0) is 21.1 Å². The first-order chi connectivity index (χ1) is 15.8. The van der Waals surface area contributed by atoms with Gasteiger partial charge in [-0.15, -0.1) is 29.8 Å². The van der Waals surface area contributed by atoms with E-state index in [1.165, 1.54) is 0 Å². The average Bonchev–Trinajstić information content (AvgIpc) is 2.86. The number of rotatable bonds is 5. The van der Waals surface area contributed by atoms with Gasteiger partial charge in [0.25, 0.3) is 0 Å². The zero-order chi connectivity index (χ0) is 21.8. The Morgan fingerprint density at radius 1 is 0.697 bits per heavy atom. The minimum Gasteiger partial charge on any atom is -0.507 e. The summed E-state index contributed by atoms with van der Waals surface area (Å²) >= 11 is 0. The molecule has 0 fully saturated rings. The molecular weight excluding hydrogens is 591 g/mol. The van der Waals surface area contributed by atoms with Crippen LogP contribution >= 0.6 is 0 Å². The van der Waals surface area contributed by atoms with E-state index in [2.05, 4.69) is 25.9 Å². The van der Waals surface area contributed by atoms with Gasteiger partial charge >= 0.3 is 0 Å². The van der Waals surface area contributed by atoms with Crippen LogP contribution in [-0.4, -0.2) is 20.1 Å². The number of anilines is 3. The molecule has 0 bridgehead atoms. The summed E-state index contributed by atoms with van der Waals surface area (Å²) in [6, 6.07) is 34.2. The van der Waals surface area contributed by atoms with Crippen LogP contribution in [0.15, 0.2) is 109 Å². The molecule has 5 nitrogen and oxygen atoms in total. The summed E-state index contributed by atoms with van der Waals surface area (Å²) < 4.78 is 0. The van der Waals surface area contributed by atoms with Gasteiger partial charge in [0.15, 0.2) is 5.82 Å². The second-order valence-electron chi connectivity index (χ2n) is 7.09. The van der Waals surface area contributed by atoms with E-state index in [0.29, 0.717) is 17.1 Å². The standard InChI is InChI=1S/C27H19N4O.Pt/c32-25-14-5-4-13-23(25)27-29-18-16-24(30-27)20-9-8-12-22(19-20)31(21-10-2-1-3-11-21)26-15-6-7-17-28-26;/h1-18,32H;/q-1;. The van der Waals surface area contributed by atoms with Crippen LogP contribution in [0.3, 0.4) is 0 Å². The van der Waals surface area contributed by atoms with Gasteiger partial charge in [-0.25, -0.2) is 9.97 Å². The number of aromatic nitrogens is 3. The summed E-state index contributed by atoms with van der Waals surface area (Å²) in [4.78, 5) is 15.6. The Balaban J connectivity index is 0.00000259. The minimum absolute atomic E-state index is 0. The quantitative estimate of drug-likeness (QED) is 0.241. The number of para-hydroxylation sites is 2. The summed E-state index contributed by atoms with van der Waals surface area (Å²) in [5, 5.41) is 10.2. The van der Waals surface area contributed by atoms with Gasteiger partial charge in [-0.3, -0.25) is 4.98 Å². The van der Waals surface area contributed by atoms with Crippen molar-refractivity contribution in [1.82, 2.24) is 15.0 Å². The number of nitrogens with zero attached hydrogens (tertiary/aromatic N) is 4. The summed E-state index contributed by atoms with van der Waals surface area (Å²) in [7, 11) is 0. The maximum absolute atomic E-state index is 10.2. The molecule has 0 aliphatic carbocycles. The molecule has 33 heavy (non-hydrogen) atoms. The van der Waals surface area contributed by atoms with Gasteiger partial charge in [0.2, 0.25) is 0 Å². The smallest absolute Gasteiger partial charge is 0.154 e. The molecule has 0 spiro atoms. The second kappa shape index (κ2) is 10.2. The summed E-state index contributed by atoms with van der Waals surface area (Å²) in [6.07, 6.45) is 3.47. The maximum atomic E-state index is 10.2. The Morgan fingerprint density at radius 2 is 1.48 bits per heavy atom. The minimum atomic E-state index is 0. The molecule has 5 rings (SSSR count). The van der Waals surface area contributed by atoms with Crippen molar-refractivity contribution in [2.45, 2.75) is 0 Å². The normalized spacial score (nSPS) is 10.3. The molecule has 0 saturated carbocycles. The van der Waals surface area contributed by atoms with Gasteiger partial charge < -0.3 is 10.0 Å². The van der Waals surface area contributed by atoms with Crippen molar-refractivity contribution in [2.24, 2.45) is 0 Å². The third-order valence-electron chi connectivity index (χ3n) is 4.99. The topological polar surface area (TPSA) is 62.1 Å². The Hall–Kier alpha value is -3.82. The Bertz CT molecular complexity index is 1310. The molecule has 0 aliphatic rings. The molecule has 164 valence electrons. The average molecular weight is 611 g/mol. The van der Waals surface area contributed by atoms with E-state index < -0.39 is 0 Å². The summed E-state index contributed by atoms with van der Waals surface area (Å²) in [6.45, 7) is 0. The van der Waals surface area contributed by atoms with E-state index in [1.54, 1.807) is 30.6 Å². The van der Waals surface area contributed by atoms with E-state index in [-0.39, 0.29) is 26.8 Å². The Morgan fingerprint density at radius 3 is 2.27 bits per heavy atom. The van der Waals surface area contributed by atoms with Gasteiger partial charge in [0.05, 0.1) is 5.56 Å². The van der Waals surface area contributed by atoms with Gasteiger partial charge in [-0.2, -0.15) is 0 Å². The maximum Gasteiger partial charge on any atom is 0.154 e. The first kappa shape index (κ1) is 22.4. The largest absolute Gasteiger partial charge is 0.507 e. The number of phenols is 1. The molecule has 5 aromatic rings. The number of pyridine rings is 1. The first-order valence-corrected chi connectivity index (χ1v) is 10.2. The Labute approximate surface area is 206 Å². The second-order valence-corrected chi connectivity index (χ2v) is 7.09. The molecule has 0 radical (unpaired) electrons. The molecule has 0 saturated heterocycles. The fourth-order valence-corrected chi connectivity index (χ4v) is 3.50. The zero-order valence-corrected chi connectivity index (χ0v) is 19.7. The van der Waals surface area contributed by atoms with Crippen molar-refractivity contribution in [3.63, 3.8) is 0 Å². The fourth-order valence-electron chi connectivity index (χ4n) is 3.50. The van der Waals surface area contributed by atoms with E-state index in [9.17, 15) is 5.11 Å². The van der Waals surface area contributed by atoms with E-state index >= 15 is 0 Å². The van der Waals surface area contributed by atoms with Crippen molar-refractivity contribution < 1.29 is 26.2 Å². The summed E-state index contributed by atoms with van der Waals surface area (Å²) in [5.41, 5.74) is 3.95. The molecule has 1 N–H and O–H groups in total. The zero-order valence-electron chi connectivity index (χ0n) is 17.4. The van der Waals surface area contributed by atoms with Gasteiger partial charge in [0, 0.05) is 39.1 Å². The molecule has 6 heteroatoms. The number of phenolic OH excluding ortho intramolecular Hbond substituents is 1. The van der Waals surface area contributed by atoms with Crippen molar-refractivity contribution in [3.05, 3.63) is 116 Å². The van der Waals surface area contributed by atoms with Gasteiger partial charge in [0.1, 0.15) is 11.6 Å². The molecule has 0 aliphatic heterocycles. The van der Waals surface area contributed by atoms with Crippen molar-refractivity contribution in [1.29, 1.82) is 0 Å². The van der Waals surface area contributed by atoms with E-state index in [1.807, 2.05) is 78.9 Å². The summed E-state index contributed by atoms with van der Waals surface area (Å²) in [5.74, 6) is 1.40. The fraction of sp³-hybridized carbons (Fsp3) is 0. The Kier molecular flexibility index (Phi) is 6.91. The molecule has 2 aromatic heterocycles. The number of aromatic hydroxyl groups is 1. The van der Waals surface area contributed by atoms with Crippen molar-refractivity contribution >= 4 is 17.2 Å². The number of benzene rings is 3. The van der Waals surface area contributed by atoms with Crippen LogP contribution in [0.25, 0.3) is 22.6 Å². The molecule has 0 unspecified atom stereocenters. The van der Waals surface area contributed by atoms with Crippen LogP contribution in [0.5, 0.6) is 5.75 Å². The predicted molar refractivity (Wildman–Crippen MR) is 126 cm³/mol. The number of hydrogen-bond donors (Lipinski definition) is 1. The first-order valence-electron chi connectivity index (χ1n) is 10.2. The number of hydrogen-bond acceptors (Lipinski definition) is 5. The van der Waals surface area contributed by atoms with E-state index in [0.717, 1.165) is 22.8 Å². The van der Waals surface area contributed by atoms with Crippen molar-refractivity contribution in [2.75, 3.05) is 4.90 Å². The molecule has 0 amide bonds. The van der Waals surface area contributed by atoms with Gasteiger partial charge in [-0.05, 0) is 47.8 Å². The van der Waals surface area contributed by atoms with Crippen LogP contribution in [0, 0.1) is 6.07 Å². The monoisotopic (exact) mass is 610 g/mol. The predicted octanol–water partition coefficient (Wildman–Crippen LogP) is 6.18. The van der Waals surface area contributed by atoms with Crippen LogP contribution in [0.1, 0.15) is 0 Å². The van der Waals surface area contributed by atoms with Crippen LogP contribution in [0.4, 0.5) is 17.2 Å². The molecule has 3 aromatic carbocycles. The van der Waals surface area contributed by atoms with E-state index in [4.69, 9.17) is 0 Å². The van der Waals surface area contributed by atoms with Crippen LogP contribution < -0.4 is 4.90 Å². The third kappa shape index (κ3) is 4.84.